The van der Waals surface area contributed by atoms with Crippen LogP contribution in [0, 0.1) is 6.07 Å². The SMILES string of the molecule is CC(Sc1cc[c]cc1)(C(N)=O)c1cccnc1. The maximum absolute atomic E-state index is 11.8. The van der Waals surface area contributed by atoms with Gasteiger partial charge in [0.15, 0.2) is 0 Å². The minimum Gasteiger partial charge on any atom is -0.368 e. The summed E-state index contributed by atoms with van der Waals surface area (Å²) in [4.78, 5) is 16.8. The second kappa shape index (κ2) is 5.23. The molecule has 0 saturated carbocycles. The van der Waals surface area contributed by atoms with Crippen LogP contribution in [0.2, 0.25) is 0 Å². The lowest BCUT2D eigenvalue weighted by Gasteiger charge is -2.25. The minimum atomic E-state index is -0.824. The zero-order valence-electron chi connectivity index (χ0n) is 9.96. The molecule has 0 fully saturated rings. The first-order valence-corrected chi connectivity index (χ1v) is 6.30. The van der Waals surface area contributed by atoms with Crippen LogP contribution in [0.1, 0.15) is 12.5 Å². The van der Waals surface area contributed by atoms with Gasteiger partial charge >= 0.3 is 0 Å². The van der Waals surface area contributed by atoms with Gasteiger partial charge in [0, 0.05) is 17.3 Å². The number of hydrogen-bond acceptors (Lipinski definition) is 3. The van der Waals surface area contributed by atoms with Gasteiger partial charge in [0.2, 0.25) is 5.91 Å². The van der Waals surface area contributed by atoms with Crippen LogP contribution in [0.5, 0.6) is 0 Å². The Hall–Kier alpha value is -1.81. The Bertz CT molecular complexity index is 530. The maximum atomic E-state index is 11.8. The highest BCUT2D eigenvalue weighted by molar-refractivity contribution is 8.01. The maximum Gasteiger partial charge on any atom is 0.238 e. The minimum absolute atomic E-state index is 0.381. The lowest BCUT2D eigenvalue weighted by molar-refractivity contribution is -0.120. The number of rotatable bonds is 4. The average molecular weight is 257 g/mol. The van der Waals surface area contributed by atoms with Gasteiger partial charge in [-0.15, -0.1) is 11.8 Å². The summed E-state index contributed by atoms with van der Waals surface area (Å²) < 4.78 is -0.824. The van der Waals surface area contributed by atoms with E-state index in [9.17, 15) is 4.79 Å². The Morgan fingerprint density at radius 3 is 2.67 bits per heavy atom. The number of carbonyl (C=O) groups is 1. The summed E-state index contributed by atoms with van der Waals surface area (Å²) in [5.74, 6) is -0.381. The third kappa shape index (κ3) is 2.54. The molecule has 18 heavy (non-hydrogen) atoms. The van der Waals surface area contributed by atoms with Crippen molar-refractivity contribution >= 4 is 17.7 Å². The number of aromatic nitrogens is 1. The molecule has 1 unspecified atom stereocenters. The highest BCUT2D eigenvalue weighted by atomic mass is 32.2. The number of nitrogens with zero attached hydrogens (tertiary/aromatic N) is 1. The van der Waals surface area contributed by atoms with Gasteiger partial charge in [0.25, 0.3) is 0 Å². The molecule has 1 heterocycles. The van der Waals surface area contributed by atoms with E-state index < -0.39 is 4.75 Å². The van der Waals surface area contributed by atoms with Crippen LogP contribution in [0.3, 0.4) is 0 Å². The zero-order chi connectivity index (χ0) is 13.0. The van der Waals surface area contributed by atoms with Gasteiger partial charge in [0.1, 0.15) is 4.75 Å². The average Bonchev–Trinajstić information content (AvgIpc) is 2.40. The molecule has 1 atom stereocenters. The second-order valence-electron chi connectivity index (χ2n) is 3.98. The van der Waals surface area contributed by atoms with E-state index in [0.717, 1.165) is 10.5 Å². The summed E-state index contributed by atoms with van der Waals surface area (Å²) in [6, 6.07) is 14.0. The summed E-state index contributed by atoms with van der Waals surface area (Å²) in [7, 11) is 0. The van der Waals surface area contributed by atoms with Gasteiger partial charge < -0.3 is 5.73 Å². The van der Waals surface area contributed by atoms with Crippen molar-refractivity contribution in [3.05, 3.63) is 60.4 Å². The van der Waals surface area contributed by atoms with Crippen molar-refractivity contribution in [3.8, 4) is 0 Å². The molecule has 3 nitrogen and oxygen atoms in total. The fourth-order valence-electron chi connectivity index (χ4n) is 1.57. The molecule has 0 bridgehead atoms. The molecule has 0 aliphatic carbocycles. The van der Waals surface area contributed by atoms with Crippen molar-refractivity contribution in [1.82, 2.24) is 4.98 Å². The van der Waals surface area contributed by atoms with Crippen molar-refractivity contribution in [2.45, 2.75) is 16.6 Å². The molecule has 2 N–H and O–H groups in total. The van der Waals surface area contributed by atoms with Crippen LogP contribution in [-0.4, -0.2) is 10.9 Å². The first kappa shape index (κ1) is 12.6. The van der Waals surface area contributed by atoms with Crippen molar-refractivity contribution in [2.75, 3.05) is 0 Å². The molecule has 0 spiro atoms. The Morgan fingerprint density at radius 2 is 2.11 bits per heavy atom. The van der Waals surface area contributed by atoms with Crippen molar-refractivity contribution in [3.63, 3.8) is 0 Å². The van der Waals surface area contributed by atoms with E-state index in [0.29, 0.717) is 0 Å². The third-order valence-electron chi connectivity index (χ3n) is 2.69. The summed E-state index contributed by atoms with van der Waals surface area (Å²) in [6.45, 7) is 1.81. The summed E-state index contributed by atoms with van der Waals surface area (Å²) in [5, 5.41) is 0. The summed E-state index contributed by atoms with van der Waals surface area (Å²) >= 11 is 1.42. The highest BCUT2D eigenvalue weighted by Crippen LogP contribution is 2.40. The van der Waals surface area contributed by atoms with Crippen molar-refractivity contribution < 1.29 is 4.79 Å². The lowest BCUT2D eigenvalue weighted by atomic mass is 10.0. The summed E-state index contributed by atoms with van der Waals surface area (Å²) in [6.07, 6.45) is 3.35. The van der Waals surface area contributed by atoms with Gasteiger partial charge in [-0.2, -0.15) is 0 Å². The second-order valence-corrected chi connectivity index (χ2v) is 5.47. The van der Waals surface area contributed by atoms with E-state index in [2.05, 4.69) is 11.1 Å². The standard InChI is InChI=1S/C14H13N2OS/c1-14(13(15)17,11-6-5-9-16-10-11)18-12-7-3-2-4-8-12/h3-10H,1H3,(H2,15,17). The molecule has 1 aromatic heterocycles. The number of nitrogens with two attached hydrogens (primary N) is 1. The first-order chi connectivity index (χ1) is 8.63. The fraction of sp³-hybridized carbons (Fsp3) is 0.143. The van der Waals surface area contributed by atoms with E-state index in [1.807, 2.05) is 37.3 Å². The zero-order valence-corrected chi connectivity index (χ0v) is 10.8. The Kier molecular flexibility index (Phi) is 3.67. The number of amides is 1. The quantitative estimate of drug-likeness (QED) is 0.855. The van der Waals surface area contributed by atoms with Gasteiger partial charge in [0.05, 0.1) is 0 Å². The molecule has 2 rings (SSSR count). The number of carbonyl (C=O) groups excluding carboxylic acids is 1. The van der Waals surface area contributed by atoms with Crippen LogP contribution in [0.25, 0.3) is 0 Å². The fourth-order valence-corrected chi connectivity index (χ4v) is 2.65. The molecule has 0 aliphatic rings. The van der Waals surface area contributed by atoms with Crippen LogP contribution in [-0.2, 0) is 9.54 Å². The largest absolute Gasteiger partial charge is 0.368 e. The van der Waals surface area contributed by atoms with Crippen molar-refractivity contribution in [1.29, 1.82) is 0 Å². The van der Waals surface area contributed by atoms with Gasteiger partial charge in [-0.05, 0) is 36.8 Å². The first-order valence-electron chi connectivity index (χ1n) is 5.48. The molecule has 2 aromatic rings. The predicted octanol–water partition coefficient (Wildman–Crippen LogP) is 2.37. The van der Waals surface area contributed by atoms with Gasteiger partial charge in [-0.3, -0.25) is 9.78 Å². The van der Waals surface area contributed by atoms with E-state index in [4.69, 9.17) is 5.73 Å². The monoisotopic (exact) mass is 257 g/mol. The number of hydrogen-bond donors (Lipinski definition) is 1. The van der Waals surface area contributed by atoms with Crippen molar-refractivity contribution in [2.24, 2.45) is 5.73 Å². The summed E-state index contributed by atoms with van der Waals surface area (Å²) in [5.41, 5.74) is 6.36. The van der Waals surface area contributed by atoms with Crippen LogP contribution in [0.4, 0.5) is 0 Å². The van der Waals surface area contributed by atoms with E-state index in [-0.39, 0.29) is 5.91 Å². The molecule has 1 radical (unpaired) electrons. The predicted molar refractivity (Wildman–Crippen MR) is 71.9 cm³/mol. The normalized spacial score (nSPS) is 13.8. The van der Waals surface area contributed by atoms with Crippen LogP contribution < -0.4 is 5.73 Å². The lowest BCUT2D eigenvalue weighted by Crippen LogP contribution is -2.35. The molecule has 1 aromatic carbocycles. The number of primary amides is 1. The molecule has 0 saturated heterocycles. The topological polar surface area (TPSA) is 56.0 Å². The van der Waals surface area contributed by atoms with Crippen LogP contribution >= 0.6 is 11.8 Å². The molecule has 4 heteroatoms. The molecule has 91 valence electrons. The Balaban J connectivity index is 2.37. The van der Waals surface area contributed by atoms with Crippen LogP contribution in [0.15, 0.2) is 53.7 Å². The van der Waals surface area contributed by atoms with E-state index in [1.54, 1.807) is 18.5 Å². The molecule has 1 amide bonds. The number of benzene rings is 1. The van der Waals surface area contributed by atoms with E-state index >= 15 is 0 Å². The molecular formula is C14H13N2OS. The Morgan fingerprint density at radius 1 is 1.39 bits per heavy atom. The van der Waals surface area contributed by atoms with Gasteiger partial charge in [-0.1, -0.05) is 18.2 Å². The Labute approximate surface area is 110 Å². The highest BCUT2D eigenvalue weighted by Gasteiger charge is 2.34. The number of pyridine rings is 1. The van der Waals surface area contributed by atoms with E-state index in [1.165, 1.54) is 11.8 Å². The molecule has 0 aliphatic heterocycles. The molecular weight excluding hydrogens is 244 g/mol. The smallest absolute Gasteiger partial charge is 0.238 e. The number of thioether (sulfide) groups is 1. The van der Waals surface area contributed by atoms with Gasteiger partial charge in [-0.25, -0.2) is 0 Å². The third-order valence-corrected chi connectivity index (χ3v) is 4.05.